The minimum absolute atomic E-state index is 0.0177. The zero-order valence-corrected chi connectivity index (χ0v) is 18.5. The van der Waals surface area contributed by atoms with Gasteiger partial charge >= 0.3 is 5.69 Å². The molecule has 0 spiro atoms. The maximum absolute atomic E-state index is 12.6. The first-order chi connectivity index (χ1) is 15.1. The molecule has 7 heteroatoms. The number of hydrogen-bond donors (Lipinski definition) is 1. The SMILES string of the molecule is CC(C)(c1cncnc1)N1CCCCC1N1CCC(n2c(=O)[nH]c3ccccc32)CC1. The van der Waals surface area contributed by atoms with Crippen molar-refractivity contribution in [3.63, 3.8) is 0 Å². The number of para-hydroxylation sites is 2. The van der Waals surface area contributed by atoms with Gasteiger partial charge in [-0.25, -0.2) is 14.8 Å². The molecule has 164 valence electrons. The smallest absolute Gasteiger partial charge is 0.306 e. The molecular weight excluding hydrogens is 388 g/mol. The number of nitrogens with one attached hydrogen (secondary N) is 1. The maximum Gasteiger partial charge on any atom is 0.326 e. The van der Waals surface area contributed by atoms with Crippen molar-refractivity contribution in [2.24, 2.45) is 0 Å². The third-order valence-corrected chi connectivity index (χ3v) is 7.37. The molecular formula is C24H32N6O. The fourth-order valence-electron chi connectivity index (χ4n) is 5.61. The maximum atomic E-state index is 12.6. The summed E-state index contributed by atoms with van der Waals surface area (Å²) in [7, 11) is 0. The second kappa shape index (κ2) is 8.20. The number of hydrogen-bond acceptors (Lipinski definition) is 5. The number of imidazole rings is 1. The summed E-state index contributed by atoms with van der Waals surface area (Å²) in [6.07, 6.45) is 11.6. The first kappa shape index (κ1) is 20.4. The summed E-state index contributed by atoms with van der Waals surface area (Å²) < 4.78 is 1.98. The Morgan fingerprint density at radius 3 is 2.52 bits per heavy atom. The Balaban J connectivity index is 1.34. The summed E-state index contributed by atoms with van der Waals surface area (Å²) in [5.41, 5.74) is 3.03. The number of nitrogens with zero attached hydrogens (tertiary/aromatic N) is 5. The summed E-state index contributed by atoms with van der Waals surface area (Å²) in [5, 5.41) is 0. The van der Waals surface area contributed by atoms with E-state index in [2.05, 4.69) is 38.6 Å². The molecule has 4 heterocycles. The Morgan fingerprint density at radius 2 is 1.74 bits per heavy atom. The lowest BCUT2D eigenvalue weighted by atomic mass is 9.90. The summed E-state index contributed by atoms with van der Waals surface area (Å²) in [5.74, 6) is 0. The van der Waals surface area contributed by atoms with Gasteiger partial charge in [-0.15, -0.1) is 0 Å². The molecule has 1 N–H and O–H groups in total. The van der Waals surface area contributed by atoms with E-state index < -0.39 is 0 Å². The van der Waals surface area contributed by atoms with E-state index in [1.165, 1.54) is 24.8 Å². The van der Waals surface area contributed by atoms with Crippen molar-refractivity contribution in [3.05, 3.63) is 59.0 Å². The molecule has 2 aliphatic rings. The van der Waals surface area contributed by atoms with Gasteiger partial charge in [-0.05, 0) is 58.1 Å². The molecule has 2 aromatic heterocycles. The number of aromatic amines is 1. The van der Waals surface area contributed by atoms with Gasteiger partial charge in [0.2, 0.25) is 0 Å². The highest BCUT2D eigenvalue weighted by molar-refractivity contribution is 5.75. The first-order valence-corrected chi connectivity index (χ1v) is 11.5. The number of benzene rings is 1. The molecule has 31 heavy (non-hydrogen) atoms. The van der Waals surface area contributed by atoms with Crippen molar-refractivity contribution in [2.45, 2.75) is 63.7 Å². The van der Waals surface area contributed by atoms with E-state index in [4.69, 9.17) is 0 Å². The predicted octanol–water partition coefficient (Wildman–Crippen LogP) is 3.50. The second-order valence-electron chi connectivity index (χ2n) is 9.44. The molecule has 0 aliphatic carbocycles. The monoisotopic (exact) mass is 420 g/mol. The summed E-state index contributed by atoms with van der Waals surface area (Å²) >= 11 is 0. The van der Waals surface area contributed by atoms with Crippen molar-refractivity contribution in [1.82, 2.24) is 29.3 Å². The van der Waals surface area contributed by atoms with Gasteiger partial charge in [-0.3, -0.25) is 14.4 Å². The molecule has 2 saturated heterocycles. The number of fused-ring (bicyclic) bond motifs is 1. The molecule has 0 radical (unpaired) electrons. The van der Waals surface area contributed by atoms with Crippen LogP contribution in [-0.2, 0) is 5.54 Å². The fourth-order valence-corrected chi connectivity index (χ4v) is 5.61. The Labute approximate surface area is 183 Å². The summed E-state index contributed by atoms with van der Waals surface area (Å²) in [4.78, 5) is 29.5. The van der Waals surface area contributed by atoms with Crippen molar-refractivity contribution < 1.29 is 0 Å². The topological polar surface area (TPSA) is 70.1 Å². The number of aromatic nitrogens is 4. The van der Waals surface area contributed by atoms with Gasteiger partial charge in [-0.1, -0.05) is 12.1 Å². The van der Waals surface area contributed by atoms with Crippen LogP contribution in [0.3, 0.4) is 0 Å². The minimum atomic E-state index is -0.114. The lowest BCUT2D eigenvalue weighted by molar-refractivity contribution is -0.0603. The van der Waals surface area contributed by atoms with Crippen LogP contribution in [-0.4, -0.2) is 55.1 Å². The van der Waals surface area contributed by atoms with Gasteiger partial charge in [0.25, 0.3) is 0 Å². The third-order valence-electron chi connectivity index (χ3n) is 7.37. The van der Waals surface area contributed by atoms with Crippen LogP contribution in [0.25, 0.3) is 11.0 Å². The Hall–Kier alpha value is -2.51. The van der Waals surface area contributed by atoms with Crippen molar-refractivity contribution in [1.29, 1.82) is 0 Å². The highest BCUT2D eigenvalue weighted by Gasteiger charge is 2.39. The highest BCUT2D eigenvalue weighted by atomic mass is 16.1. The van der Waals surface area contributed by atoms with Gasteiger partial charge in [0, 0.05) is 49.2 Å². The van der Waals surface area contributed by atoms with E-state index in [9.17, 15) is 4.79 Å². The summed E-state index contributed by atoms with van der Waals surface area (Å²) in [6.45, 7) is 7.71. The van der Waals surface area contributed by atoms with E-state index in [0.29, 0.717) is 6.17 Å². The zero-order chi connectivity index (χ0) is 21.4. The fraction of sp³-hybridized carbons (Fsp3) is 0.542. The lowest BCUT2D eigenvalue weighted by Crippen LogP contribution is -2.59. The first-order valence-electron chi connectivity index (χ1n) is 11.5. The molecule has 2 aliphatic heterocycles. The number of piperidine rings is 2. The average molecular weight is 421 g/mol. The molecule has 0 saturated carbocycles. The average Bonchev–Trinajstić information content (AvgIpc) is 3.15. The molecule has 0 amide bonds. The van der Waals surface area contributed by atoms with Crippen LogP contribution in [0.5, 0.6) is 0 Å². The standard InChI is InChI=1S/C24H32N6O/c1-24(2,18-15-25-17-26-16-18)29-12-6-5-9-22(29)28-13-10-19(11-14-28)30-21-8-4-3-7-20(21)27-23(30)31/h3-4,7-8,15-17,19,22H,5-6,9-14H2,1-2H3,(H,27,31). The van der Waals surface area contributed by atoms with Crippen LogP contribution in [0, 0.1) is 0 Å². The van der Waals surface area contributed by atoms with E-state index in [1.807, 2.05) is 41.2 Å². The van der Waals surface area contributed by atoms with Crippen LogP contribution < -0.4 is 5.69 Å². The molecule has 2 fully saturated rings. The third kappa shape index (κ3) is 3.70. The zero-order valence-electron chi connectivity index (χ0n) is 18.5. The number of rotatable bonds is 4. The van der Waals surface area contributed by atoms with Gasteiger partial charge in [0.15, 0.2) is 0 Å². The molecule has 1 aromatic carbocycles. The Morgan fingerprint density at radius 1 is 1.00 bits per heavy atom. The number of likely N-dealkylation sites (tertiary alicyclic amines) is 2. The van der Waals surface area contributed by atoms with Crippen LogP contribution >= 0.6 is 0 Å². The van der Waals surface area contributed by atoms with Gasteiger partial charge in [0.05, 0.1) is 17.2 Å². The van der Waals surface area contributed by atoms with Crippen LogP contribution in [0.2, 0.25) is 0 Å². The van der Waals surface area contributed by atoms with Gasteiger partial charge < -0.3 is 4.98 Å². The largest absolute Gasteiger partial charge is 0.326 e. The van der Waals surface area contributed by atoms with Crippen molar-refractivity contribution in [2.75, 3.05) is 19.6 Å². The molecule has 7 nitrogen and oxygen atoms in total. The summed E-state index contributed by atoms with van der Waals surface area (Å²) in [6, 6.07) is 8.27. The molecule has 0 bridgehead atoms. The Kier molecular flexibility index (Phi) is 5.40. The van der Waals surface area contributed by atoms with Crippen molar-refractivity contribution >= 4 is 11.0 Å². The van der Waals surface area contributed by atoms with Crippen molar-refractivity contribution in [3.8, 4) is 0 Å². The van der Waals surface area contributed by atoms with Crippen LogP contribution in [0.15, 0.2) is 47.8 Å². The Bertz CT molecular complexity index is 1080. The van der Waals surface area contributed by atoms with Gasteiger partial charge in [0.1, 0.15) is 6.33 Å². The van der Waals surface area contributed by atoms with E-state index >= 15 is 0 Å². The molecule has 1 atom stereocenters. The lowest BCUT2D eigenvalue weighted by Gasteiger charge is -2.51. The number of H-pyrrole nitrogens is 1. The highest BCUT2D eigenvalue weighted by Crippen LogP contribution is 2.36. The minimum Gasteiger partial charge on any atom is -0.306 e. The van der Waals surface area contributed by atoms with E-state index in [0.717, 1.165) is 43.5 Å². The predicted molar refractivity (Wildman–Crippen MR) is 122 cm³/mol. The van der Waals surface area contributed by atoms with E-state index in [-0.39, 0.29) is 17.3 Å². The normalized spacial score (nSPS) is 22.2. The second-order valence-corrected chi connectivity index (χ2v) is 9.44. The van der Waals surface area contributed by atoms with Crippen LogP contribution in [0.4, 0.5) is 0 Å². The molecule has 3 aromatic rings. The van der Waals surface area contributed by atoms with E-state index in [1.54, 1.807) is 6.33 Å². The quantitative estimate of drug-likeness (QED) is 0.700. The van der Waals surface area contributed by atoms with Gasteiger partial charge in [-0.2, -0.15) is 0 Å². The molecule has 1 unspecified atom stereocenters. The van der Waals surface area contributed by atoms with Crippen LogP contribution in [0.1, 0.15) is 57.6 Å². The molecule has 5 rings (SSSR count).